The van der Waals surface area contributed by atoms with Gasteiger partial charge in [0.1, 0.15) is 0 Å². The summed E-state index contributed by atoms with van der Waals surface area (Å²) in [6.07, 6.45) is 11.2. The Hall–Kier alpha value is -0.790. The van der Waals surface area contributed by atoms with E-state index in [9.17, 15) is 4.79 Å². The third-order valence-electron chi connectivity index (χ3n) is 4.84. The van der Waals surface area contributed by atoms with Gasteiger partial charge in [0.2, 0.25) is 5.91 Å². The van der Waals surface area contributed by atoms with Gasteiger partial charge in [-0.3, -0.25) is 4.79 Å². The summed E-state index contributed by atoms with van der Waals surface area (Å²) in [6, 6.07) is 0. The van der Waals surface area contributed by atoms with Crippen molar-refractivity contribution in [3.63, 3.8) is 0 Å². The summed E-state index contributed by atoms with van der Waals surface area (Å²) in [4.78, 5) is 14.4. The normalized spacial score (nSPS) is 26.2. The molecule has 0 spiro atoms. The van der Waals surface area contributed by atoms with Crippen molar-refractivity contribution in [1.82, 2.24) is 4.90 Å². The summed E-state index contributed by atoms with van der Waals surface area (Å²) in [5.74, 6) is 0.827. The van der Waals surface area contributed by atoms with Crippen LogP contribution in [0.2, 0.25) is 0 Å². The lowest BCUT2D eigenvalue weighted by molar-refractivity contribution is -0.135. The molecule has 0 aromatic heterocycles. The molecule has 2 heteroatoms. The molecule has 1 amide bonds. The number of nitrogens with zero attached hydrogens (tertiary/aromatic N) is 1. The van der Waals surface area contributed by atoms with Crippen LogP contribution in [-0.4, -0.2) is 23.9 Å². The van der Waals surface area contributed by atoms with E-state index in [0.717, 1.165) is 38.8 Å². The van der Waals surface area contributed by atoms with E-state index in [4.69, 9.17) is 0 Å². The second-order valence-electron chi connectivity index (χ2n) is 5.87. The zero-order valence-electron chi connectivity index (χ0n) is 10.7. The van der Waals surface area contributed by atoms with Gasteiger partial charge in [-0.1, -0.05) is 24.0 Å². The largest absolute Gasteiger partial charge is 0.342 e. The molecule has 3 rings (SSSR count). The molecule has 0 unspecified atom stereocenters. The molecule has 17 heavy (non-hydrogen) atoms. The monoisotopic (exact) mass is 233 g/mol. The van der Waals surface area contributed by atoms with Crippen LogP contribution < -0.4 is 0 Å². The summed E-state index contributed by atoms with van der Waals surface area (Å²) < 4.78 is 0. The van der Waals surface area contributed by atoms with Crippen molar-refractivity contribution in [3.8, 4) is 0 Å². The Morgan fingerprint density at radius 2 is 1.47 bits per heavy atom. The van der Waals surface area contributed by atoms with Gasteiger partial charge in [-0.15, -0.1) is 0 Å². The Morgan fingerprint density at radius 1 is 0.882 bits per heavy atom. The fourth-order valence-corrected chi connectivity index (χ4v) is 3.49. The summed E-state index contributed by atoms with van der Waals surface area (Å²) in [5.41, 5.74) is 3.41. The van der Waals surface area contributed by atoms with Gasteiger partial charge in [0.25, 0.3) is 0 Å². The van der Waals surface area contributed by atoms with Crippen LogP contribution in [-0.2, 0) is 4.79 Å². The third-order valence-corrected chi connectivity index (χ3v) is 4.84. The first-order chi connectivity index (χ1) is 8.34. The lowest BCUT2D eigenvalue weighted by Crippen LogP contribution is -2.39. The second kappa shape index (κ2) is 4.83. The standard InChI is InChI=1S/C15H23NO/c17-15(14-4-1-2-5-14)16-10-8-13(9-11-16)12-6-3-7-12/h14H,1-11H2. The maximum Gasteiger partial charge on any atom is 0.225 e. The maximum atomic E-state index is 12.3. The van der Waals surface area contributed by atoms with Crippen molar-refractivity contribution in [2.45, 2.75) is 57.8 Å². The molecule has 3 fully saturated rings. The highest BCUT2D eigenvalue weighted by molar-refractivity contribution is 5.79. The molecule has 2 saturated carbocycles. The molecular formula is C15H23NO. The van der Waals surface area contributed by atoms with Gasteiger partial charge >= 0.3 is 0 Å². The molecule has 1 heterocycles. The Labute approximate surface area is 104 Å². The molecular weight excluding hydrogens is 210 g/mol. The van der Waals surface area contributed by atoms with E-state index in [0.29, 0.717) is 11.8 Å². The molecule has 0 atom stereocenters. The number of likely N-dealkylation sites (tertiary alicyclic amines) is 1. The van der Waals surface area contributed by atoms with Crippen LogP contribution in [0.4, 0.5) is 0 Å². The zero-order valence-corrected chi connectivity index (χ0v) is 10.7. The number of hydrogen-bond donors (Lipinski definition) is 0. The van der Waals surface area contributed by atoms with E-state index in [2.05, 4.69) is 4.90 Å². The van der Waals surface area contributed by atoms with Crippen LogP contribution in [0.3, 0.4) is 0 Å². The number of carbonyl (C=O) groups excluding carboxylic acids is 1. The first kappa shape index (κ1) is 11.3. The predicted molar refractivity (Wildman–Crippen MR) is 68.6 cm³/mol. The van der Waals surface area contributed by atoms with Crippen molar-refractivity contribution in [3.05, 3.63) is 11.1 Å². The van der Waals surface area contributed by atoms with Crippen molar-refractivity contribution in [1.29, 1.82) is 0 Å². The lowest BCUT2D eigenvalue weighted by Gasteiger charge is -2.33. The summed E-state index contributed by atoms with van der Waals surface area (Å²) in [6.45, 7) is 1.99. The van der Waals surface area contributed by atoms with Crippen LogP contribution >= 0.6 is 0 Å². The second-order valence-corrected chi connectivity index (χ2v) is 5.87. The average Bonchev–Trinajstić information content (AvgIpc) is 2.80. The highest BCUT2D eigenvalue weighted by atomic mass is 16.2. The average molecular weight is 233 g/mol. The van der Waals surface area contributed by atoms with Gasteiger partial charge in [-0.2, -0.15) is 0 Å². The van der Waals surface area contributed by atoms with Crippen molar-refractivity contribution >= 4 is 5.91 Å². The fourth-order valence-electron chi connectivity index (χ4n) is 3.49. The van der Waals surface area contributed by atoms with E-state index in [1.54, 1.807) is 11.1 Å². The molecule has 1 saturated heterocycles. The third kappa shape index (κ3) is 2.27. The van der Waals surface area contributed by atoms with Crippen LogP contribution in [0, 0.1) is 5.92 Å². The first-order valence-corrected chi connectivity index (χ1v) is 7.33. The zero-order chi connectivity index (χ0) is 11.7. The maximum absolute atomic E-state index is 12.3. The van der Waals surface area contributed by atoms with Crippen LogP contribution in [0.5, 0.6) is 0 Å². The predicted octanol–water partition coefficient (Wildman–Crippen LogP) is 3.28. The topological polar surface area (TPSA) is 20.3 Å². The minimum Gasteiger partial charge on any atom is -0.342 e. The van der Waals surface area contributed by atoms with E-state index < -0.39 is 0 Å². The van der Waals surface area contributed by atoms with Crippen molar-refractivity contribution in [2.24, 2.45) is 5.92 Å². The Bertz CT molecular complexity index is 323. The summed E-state index contributed by atoms with van der Waals surface area (Å²) >= 11 is 0. The smallest absolute Gasteiger partial charge is 0.225 e. The lowest BCUT2D eigenvalue weighted by atomic mass is 9.84. The van der Waals surface area contributed by atoms with Crippen molar-refractivity contribution in [2.75, 3.05) is 13.1 Å². The van der Waals surface area contributed by atoms with Gasteiger partial charge in [-0.25, -0.2) is 0 Å². The molecule has 0 radical (unpaired) electrons. The van der Waals surface area contributed by atoms with Crippen molar-refractivity contribution < 1.29 is 4.79 Å². The summed E-state index contributed by atoms with van der Waals surface area (Å²) in [7, 11) is 0. The van der Waals surface area contributed by atoms with E-state index in [1.807, 2.05) is 0 Å². The number of carbonyl (C=O) groups is 1. The number of rotatable bonds is 1. The van der Waals surface area contributed by atoms with Gasteiger partial charge in [0, 0.05) is 19.0 Å². The van der Waals surface area contributed by atoms with E-state index >= 15 is 0 Å². The minimum absolute atomic E-state index is 0.368. The van der Waals surface area contributed by atoms with Crippen LogP contribution in [0.25, 0.3) is 0 Å². The molecule has 0 aromatic carbocycles. The molecule has 94 valence electrons. The highest BCUT2D eigenvalue weighted by Crippen LogP contribution is 2.34. The number of piperidine rings is 1. The molecule has 0 bridgehead atoms. The van der Waals surface area contributed by atoms with Gasteiger partial charge < -0.3 is 4.90 Å². The Balaban J connectivity index is 1.55. The van der Waals surface area contributed by atoms with Crippen LogP contribution in [0.15, 0.2) is 11.1 Å². The highest BCUT2D eigenvalue weighted by Gasteiger charge is 2.29. The van der Waals surface area contributed by atoms with E-state index in [1.165, 1.54) is 32.1 Å². The fraction of sp³-hybridized carbons (Fsp3) is 0.800. The summed E-state index contributed by atoms with van der Waals surface area (Å²) in [5, 5.41) is 0. The van der Waals surface area contributed by atoms with Gasteiger partial charge in [0.15, 0.2) is 0 Å². The first-order valence-electron chi connectivity index (χ1n) is 7.33. The van der Waals surface area contributed by atoms with E-state index in [-0.39, 0.29) is 0 Å². The molecule has 2 nitrogen and oxygen atoms in total. The minimum atomic E-state index is 0.368. The quantitative estimate of drug-likeness (QED) is 0.636. The molecule has 1 aliphatic heterocycles. The number of allylic oxidation sites excluding steroid dienone is 1. The molecule has 3 aliphatic rings. The molecule has 2 aliphatic carbocycles. The van der Waals surface area contributed by atoms with Gasteiger partial charge in [-0.05, 0) is 44.9 Å². The SMILES string of the molecule is O=C(C1CCCC1)N1CCC(=C2CCC2)CC1. The number of hydrogen-bond acceptors (Lipinski definition) is 1. The van der Waals surface area contributed by atoms with Gasteiger partial charge in [0.05, 0.1) is 0 Å². The van der Waals surface area contributed by atoms with Crippen LogP contribution in [0.1, 0.15) is 57.8 Å². The number of amides is 1. The Morgan fingerprint density at radius 3 is 2.00 bits per heavy atom. The molecule has 0 N–H and O–H groups in total. The Kier molecular flexibility index (Phi) is 3.21. The molecule has 0 aromatic rings.